The maximum Gasteiger partial charge on any atom is 0.472 e. The van der Waals surface area contributed by atoms with Crippen LogP contribution in [0.4, 0.5) is 0 Å². The number of ether oxygens (including phenoxy) is 2. The molecule has 1 saturated carbocycles. The van der Waals surface area contributed by atoms with Crippen molar-refractivity contribution >= 4 is 19.8 Å². The molecule has 0 saturated heterocycles. The zero-order valence-corrected chi connectivity index (χ0v) is 37.4. The van der Waals surface area contributed by atoms with E-state index in [1.807, 2.05) is 18.2 Å². The van der Waals surface area contributed by atoms with Crippen molar-refractivity contribution in [1.82, 2.24) is 0 Å². The van der Waals surface area contributed by atoms with Gasteiger partial charge in [0.15, 0.2) is 6.10 Å². The van der Waals surface area contributed by atoms with E-state index < -0.39 is 76.7 Å². The van der Waals surface area contributed by atoms with Gasteiger partial charge in [-0.1, -0.05) is 126 Å². The highest BCUT2D eigenvalue weighted by atomic mass is 31.2. The standard InChI is InChI=1S/C46H79O13P/c1-3-5-7-8-9-10-11-12-13-14-15-16-17-18-19-20-25-29-45(52)56-36-40(37-58-60(54,55)57-35-39(49)34-47)59-46(53)30-26-22-21-24-28-41-42(44(51)33-43(41)50)32-31-38(48)27-23-6-4-2/h9-10,12-13,15-16,18-19,31-32,38-44,47-51H,3-8,11,14,17,20-30,33-37H2,1-2H3,(H,54,55)/b10-9-,13-12-,16-15-,19-18-,32-31+/t38-,39-,40+,41+,42+,43-,44+/m0/s1. The summed E-state index contributed by atoms with van der Waals surface area (Å²) in [6, 6.07) is 0. The molecule has 60 heavy (non-hydrogen) atoms. The van der Waals surface area contributed by atoms with Crippen molar-refractivity contribution < 1.29 is 63.1 Å². The fourth-order valence-electron chi connectivity index (χ4n) is 6.73. The van der Waals surface area contributed by atoms with Gasteiger partial charge in [0.05, 0.1) is 38.1 Å². The Labute approximate surface area is 360 Å². The molecule has 0 amide bonds. The van der Waals surface area contributed by atoms with E-state index in [-0.39, 0.29) is 24.7 Å². The van der Waals surface area contributed by atoms with Gasteiger partial charge in [0.1, 0.15) is 12.7 Å². The van der Waals surface area contributed by atoms with Crippen molar-refractivity contribution in [2.45, 2.75) is 179 Å². The molecule has 1 rings (SSSR count). The Hall–Kier alpha value is -2.45. The summed E-state index contributed by atoms with van der Waals surface area (Å²) in [5, 5.41) is 49.8. The van der Waals surface area contributed by atoms with Crippen molar-refractivity contribution in [1.29, 1.82) is 0 Å². The molecular weight excluding hydrogens is 791 g/mol. The molecule has 0 aromatic heterocycles. The molecule has 0 aliphatic heterocycles. The Morgan fingerprint density at radius 2 is 1.28 bits per heavy atom. The number of allylic oxidation sites excluding steroid dienone is 8. The van der Waals surface area contributed by atoms with Crippen LogP contribution in [0.5, 0.6) is 0 Å². The van der Waals surface area contributed by atoms with Crippen LogP contribution in [-0.2, 0) is 32.7 Å². The van der Waals surface area contributed by atoms with Gasteiger partial charge in [0.25, 0.3) is 0 Å². The Bertz CT molecular complexity index is 1300. The maximum atomic E-state index is 12.7. The second kappa shape index (κ2) is 36.1. The quantitative estimate of drug-likeness (QED) is 0.0151. The average Bonchev–Trinajstić information content (AvgIpc) is 3.49. The lowest BCUT2D eigenvalue weighted by atomic mass is 9.88. The molecule has 0 spiro atoms. The molecule has 8 atom stereocenters. The number of esters is 2. The summed E-state index contributed by atoms with van der Waals surface area (Å²) in [7, 11) is -4.70. The van der Waals surface area contributed by atoms with Crippen LogP contribution in [0.3, 0.4) is 0 Å². The summed E-state index contributed by atoms with van der Waals surface area (Å²) in [4.78, 5) is 35.2. The highest BCUT2D eigenvalue weighted by Crippen LogP contribution is 2.43. The maximum absolute atomic E-state index is 12.7. The summed E-state index contributed by atoms with van der Waals surface area (Å²) < 4.78 is 32.7. The van der Waals surface area contributed by atoms with Crippen LogP contribution in [0, 0.1) is 11.8 Å². The van der Waals surface area contributed by atoms with Crippen molar-refractivity contribution in [2.24, 2.45) is 11.8 Å². The lowest BCUT2D eigenvalue weighted by Crippen LogP contribution is -2.29. The van der Waals surface area contributed by atoms with E-state index >= 15 is 0 Å². The van der Waals surface area contributed by atoms with Gasteiger partial charge < -0.3 is 39.9 Å². The molecule has 6 N–H and O–H groups in total. The fraction of sp³-hybridized carbons (Fsp3) is 0.739. The summed E-state index contributed by atoms with van der Waals surface area (Å²) >= 11 is 0. The minimum absolute atomic E-state index is 0.0432. The first-order chi connectivity index (χ1) is 28.9. The summed E-state index contributed by atoms with van der Waals surface area (Å²) in [6.07, 6.45) is 32.5. The monoisotopic (exact) mass is 871 g/mol. The molecule has 1 unspecified atom stereocenters. The van der Waals surface area contributed by atoms with Gasteiger partial charge in [-0.25, -0.2) is 4.57 Å². The van der Waals surface area contributed by atoms with Gasteiger partial charge >= 0.3 is 19.8 Å². The third kappa shape index (κ3) is 29.7. The third-order valence-electron chi connectivity index (χ3n) is 10.2. The fourth-order valence-corrected chi connectivity index (χ4v) is 7.52. The number of unbranched alkanes of at least 4 members (excludes halogenated alkanes) is 9. The predicted molar refractivity (Wildman–Crippen MR) is 235 cm³/mol. The van der Waals surface area contributed by atoms with Crippen LogP contribution < -0.4 is 0 Å². The first-order valence-corrected chi connectivity index (χ1v) is 24.0. The number of rotatable bonds is 37. The molecular formula is C46H79O13P. The smallest absolute Gasteiger partial charge is 0.462 e. The molecule has 0 aromatic rings. The lowest BCUT2D eigenvalue weighted by molar-refractivity contribution is -0.161. The predicted octanol–water partition coefficient (Wildman–Crippen LogP) is 8.27. The molecule has 1 aliphatic carbocycles. The minimum Gasteiger partial charge on any atom is -0.462 e. The molecule has 0 radical (unpaired) electrons. The number of carbonyl (C=O) groups is 2. The van der Waals surface area contributed by atoms with Crippen LogP contribution in [0.2, 0.25) is 0 Å². The molecule has 1 aliphatic rings. The number of phosphoric ester groups is 1. The number of carbonyl (C=O) groups excluding carboxylic acids is 2. The first-order valence-electron chi connectivity index (χ1n) is 22.5. The van der Waals surface area contributed by atoms with E-state index in [4.69, 9.17) is 19.1 Å². The number of aliphatic hydroxyl groups is 5. The normalized spacial score (nSPS) is 21.1. The highest BCUT2D eigenvalue weighted by Gasteiger charge is 2.39. The number of hydrogen-bond donors (Lipinski definition) is 6. The Morgan fingerprint density at radius 3 is 1.93 bits per heavy atom. The van der Waals surface area contributed by atoms with Crippen LogP contribution in [0.1, 0.15) is 149 Å². The van der Waals surface area contributed by atoms with Crippen molar-refractivity contribution in [3.05, 3.63) is 60.8 Å². The average molecular weight is 871 g/mol. The van der Waals surface area contributed by atoms with E-state index in [0.717, 1.165) is 57.8 Å². The van der Waals surface area contributed by atoms with Crippen LogP contribution in [0.15, 0.2) is 60.8 Å². The molecule has 0 aromatic carbocycles. The number of phosphoric acid groups is 1. The van der Waals surface area contributed by atoms with Gasteiger partial charge in [-0.05, 0) is 70.1 Å². The van der Waals surface area contributed by atoms with Crippen LogP contribution >= 0.6 is 7.82 Å². The largest absolute Gasteiger partial charge is 0.472 e. The first kappa shape index (κ1) is 55.6. The van der Waals surface area contributed by atoms with E-state index in [1.54, 1.807) is 6.08 Å². The van der Waals surface area contributed by atoms with Crippen LogP contribution in [-0.4, -0.2) is 99.3 Å². The topological polar surface area (TPSA) is 210 Å². The van der Waals surface area contributed by atoms with E-state index in [2.05, 4.69) is 54.8 Å². The lowest BCUT2D eigenvalue weighted by Gasteiger charge is -2.21. The molecule has 14 heteroatoms. The van der Waals surface area contributed by atoms with Gasteiger partial charge in [-0.15, -0.1) is 0 Å². The van der Waals surface area contributed by atoms with Crippen molar-refractivity contribution in [3.8, 4) is 0 Å². The van der Waals surface area contributed by atoms with Crippen molar-refractivity contribution in [2.75, 3.05) is 26.4 Å². The van der Waals surface area contributed by atoms with Crippen molar-refractivity contribution in [3.63, 3.8) is 0 Å². The molecule has 346 valence electrons. The Kier molecular flexibility index (Phi) is 33.4. The van der Waals surface area contributed by atoms with Crippen LogP contribution in [0.25, 0.3) is 0 Å². The van der Waals surface area contributed by atoms with E-state index in [0.29, 0.717) is 44.9 Å². The summed E-state index contributed by atoms with van der Waals surface area (Å²) in [6.45, 7) is 1.93. The zero-order valence-electron chi connectivity index (χ0n) is 36.5. The van der Waals surface area contributed by atoms with Gasteiger partial charge in [-0.3, -0.25) is 18.6 Å². The van der Waals surface area contributed by atoms with Gasteiger partial charge in [0, 0.05) is 25.2 Å². The SMILES string of the molecule is CCCCC/C=C\C/C=C\C/C=C\C/C=C\CCCC(=O)OC[C@H](COP(=O)(O)OC[C@@H](O)CO)OC(=O)CCCCCC[C@@H]1[C@@H](/C=C/[C@@H](O)CCCCC)[C@H](O)C[C@@H]1O. The second-order valence-corrected chi connectivity index (χ2v) is 17.1. The third-order valence-corrected chi connectivity index (χ3v) is 11.2. The highest BCUT2D eigenvalue weighted by molar-refractivity contribution is 7.47. The van der Waals surface area contributed by atoms with Gasteiger partial charge in [-0.2, -0.15) is 0 Å². The molecule has 0 bridgehead atoms. The number of aliphatic hydroxyl groups excluding tert-OH is 5. The van der Waals surface area contributed by atoms with Gasteiger partial charge in [0.2, 0.25) is 0 Å². The second-order valence-electron chi connectivity index (χ2n) is 15.7. The molecule has 13 nitrogen and oxygen atoms in total. The zero-order chi connectivity index (χ0) is 44.3. The Morgan fingerprint density at radius 1 is 0.700 bits per heavy atom. The number of hydrogen-bond acceptors (Lipinski definition) is 12. The van der Waals surface area contributed by atoms with E-state index in [9.17, 15) is 39.5 Å². The Balaban J connectivity index is 2.48. The molecule has 1 fully saturated rings. The minimum atomic E-state index is -4.70. The summed E-state index contributed by atoms with van der Waals surface area (Å²) in [5.41, 5.74) is 0. The molecule has 0 heterocycles. The summed E-state index contributed by atoms with van der Waals surface area (Å²) in [5.74, 6) is -1.48. The van der Waals surface area contributed by atoms with E-state index in [1.165, 1.54) is 19.3 Å².